The zero-order valence-corrected chi connectivity index (χ0v) is 17.4. The Labute approximate surface area is 167 Å². The zero-order chi connectivity index (χ0) is 17.5. The molecule has 1 aliphatic rings. The first-order valence-corrected chi connectivity index (χ1v) is 8.34. The fraction of sp³-hybridized carbons (Fsp3) is 0.474. The average molecular weight is 454 g/mol. The molecule has 2 atom stereocenters. The minimum absolute atomic E-state index is 0. The quantitative estimate of drug-likeness (QED) is 0.320. The van der Waals surface area contributed by atoms with Gasteiger partial charge in [-0.05, 0) is 36.5 Å². The van der Waals surface area contributed by atoms with Gasteiger partial charge < -0.3 is 15.5 Å². The van der Waals surface area contributed by atoms with Gasteiger partial charge in [-0.15, -0.1) is 30.4 Å². The summed E-state index contributed by atoms with van der Waals surface area (Å²) in [5.74, 6) is 4.48. The van der Waals surface area contributed by atoms with Crippen molar-refractivity contribution in [3.05, 3.63) is 29.8 Å². The largest absolute Gasteiger partial charge is 0.347 e. The lowest BCUT2D eigenvalue weighted by molar-refractivity contribution is -0.115. The number of carbonyl (C=O) groups is 1. The highest BCUT2D eigenvalue weighted by molar-refractivity contribution is 14.0. The van der Waals surface area contributed by atoms with Crippen LogP contribution in [0.25, 0.3) is 0 Å². The van der Waals surface area contributed by atoms with Crippen molar-refractivity contribution in [3.63, 3.8) is 0 Å². The molecule has 1 heterocycles. The normalized spacial score (nSPS) is 20.2. The highest BCUT2D eigenvalue weighted by Gasteiger charge is 2.24. The minimum Gasteiger partial charge on any atom is -0.347 e. The maximum absolute atomic E-state index is 12.1. The Morgan fingerprint density at radius 2 is 2.04 bits per heavy atom. The van der Waals surface area contributed by atoms with Crippen molar-refractivity contribution in [2.45, 2.75) is 20.3 Å². The molecule has 5 nitrogen and oxygen atoms in total. The molecule has 0 bridgehead atoms. The summed E-state index contributed by atoms with van der Waals surface area (Å²) in [6.07, 6.45) is 6.61. The third-order valence-electron chi connectivity index (χ3n) is 4.10. The number of terminal acetylenes is 1. The maximum atomic E-state index is 12.1. The van der Waals surface area contributed by atoms with Crippen molar-refractivity contribution >= 4 is 41.5 Å². The number of hydrogen-bond acceptors (Lipinski definition) is 2. The Hall–Kier alpha value is -1.75. The summed E-state index contributed by atoms with van der Waals surface area (Å²) in [6, 6.07) is 7.25. The van der Waals surface area contributed by atoms with Crippen LogP contribution in [0.5, 0.6) is 0 Å². The first kappa shape index (κ1) is 21.3. The number of nitrogens with zero attached hydrogens (tertiary/aromatic N) is 2. The SMILES string of the molecule is C#Cc1cccc(NC(=O)CNC(=NC)N2CC(C)CC(C)C2)c1.I. The molecular weight excluding hydrogens is 427 g/mol. The van der Waals surface area contributed by atoms with Gasteiger partial charge in [0.05, 0.1) is 6.54 Å². The Balaban J connectivity index is 0.00000312. The number of rotatable bonds is 3. The monoisotopic (exact) mass is 454 g/mol. The second-order valence-corrected chi connectivity index (χ2v) is 6.53. The number of carbonyl (C=O) groups excluding carboxylic acids is 1. The fourth-order valence-corrected chi connectivity index (χ4v) is 3.22. The first-order valence-electron chi connectivity index (χ1n) is 8.34. The molecule has 0 radical (unpaired) electrons. The summed E-state index contributed by atoms with van der Waals surface area (Å²) >= 11 is 0. The smallest absolute Gasteiger partial charge is 0.243 e. The highest BCUT2D eigenvalue weighted by atomic mass is 127. The number of benzene rings is 1. The maximum Gasteiger partial charge on any atom is 0.243 e. The molecule has 2 rings (SSSR count). The Morgan fingerprint density at radius 1 is 1.36 bits per heavy atom. The van der Waals surface area contributed by atoms with Crippen LogP contribution in [0.3, 0.4) is 0 Å². The minimum atomic E-state index is -0.122. The number of nitrogens with one attached hydrogen (secondary N) is 2. The van der Waals surface area contributed by atoms with E-state index in [1.54, 1.807) is 13.1 Å². The van der Waals surface area contributed by atoms with E-state index in [0.717, 1.165) is 24.6 Å². The molecule has 1 aliphatic heterocycles. The third-order valence-corrected chi connectivity index (χ3v) is 4.10. The molecule has 1 saturated heterocycles. The van der Waals surface area contributed by atoms with Gasteiger partial charge in [0.2, 0.25) is 5.91 Å². The lowest BCUT2D eigenvalue weighted by Gasteiger charge is -2.37. The van der Waals surface area contributed by atoms with Crippen molar-refractivity contribution in [3.8, 4) is 12.3 Å². The summed E-state index contributed by atoms with van der Waals surface area (Å²) in [4.78, 5) is 18.7. The molecule has 0 spiro atoms. The van der Waals surface area contributed by atoms with Gasteiger partial charge in [-0.25, -0.2) is 0 Å². The van der Waals surface area contributed by atoms with Gasteiger partial charge in [0.15, 0.2) is 5.96 Å². The predicted molar refractivity (Wildman–Crippen MR) is 114 cm³/mol. The molecule has 136 valence electrons. The van der Waals surface area contributed by atoms with Crippen LogP contribution in [0.2, 0.25) is 0 Å². The van der Waals surface area contributed by atoms with Crippen LogP contribution in [-0.2, 0) is 4.79 Å². The highest BCUT2D eigenvalue weighted by Crippen LogP contribution is 2.20. The van der Waals surface area contributed by atoms with Gasteiger partial charge in [-0.1, -0.05) is 25.8 Å². The molecule has 6 heteroatoms. The van der Waals surface area contributed by atoms with E-state index >= 15 is 0 Å². The van der Waals surface area contributed by atoms with Gasteiger partial charge >= 0.3 is 0 Å². The van der Waals surface area contributed by atoms with E-state index in [9.17, 15) is 4.79 Å². The fourth-order valence-electron chi connectivity index (χ4n) is 3.22. The lowest BCUT2D eigenvalue weighted by Crippen LogP contribution is -2.49. The lowest BCUT2D eigenvalue weighted by atomic mass is 9.92. The van der Waals surface area contributed by atoms with E-state index in [0.29, 0.717) is 17.5 Å². The molecule has 2 unspecified atom stereocenters. The van der Waals surface area contributed by atoms with Gasteiger partial charge in [-0.3, -0.25) is 9.79 Å². The van der Waals surface area contributed by atoms with Crippen LogP contribution in [-0.4, -0.2) is 43.4 Å². The van der Waals surface area contributed by atoms with E-state index in [2.05, 4.69) is 40.3 Å². The second kappa shape index (κ2) is 10.3. The van der Waals surface area contributed by atoms with Crippen LogP contribution in [0.1, 0.15) is 25.8 Å². The summed E-state index contributed by atoms with van der Waals surface area (Å²) in [5.41, 5.74) is 1.44. The number of hydrogen-bond donors (Lipinski definition) is 2. The number of aliphatic imine (C=N–C) groups is 1. The van der Waals surface area contributed by atoms with Crippen LogP contribution in [0, 0.1) is 24.2 Å². The summed E-state index contributed by atoms with van der Waals surface area (Å²) < 4.78 is 0. The van der Waals surface area contributed by atoms with Crippen molar-refractivity contribution in [1.29, 1.82) is 0 Å². The number of amides is 1. The third kappa shape index (κ3) is 6.58. The van der Waals surface area contributed by atoms with Gasteiger partial charge in [0, 0.05) is 31.4 Å². The number of piperidine rings is 1. The van der Waals surface area contributed by atoms with Crippen LogP contribution >= 0.6 is 24.0 Å². The molecule has 0 aliphatic carbocycles. The van der Waals surface area contributed by atoms with Crippen molar-refractivity contribution in [2.75, 3.05) is 32.0 Å². The molecule has 0 saturated carbocycles. The van der Waals surface area contributed by atoms with Crippen molar-refractivity contribution in [2.24, 2.45) is 16.8 Å². The van der Waals surface area contributed by atoms with Crippen molar-refractivity contribution in [1.82, 2.24) is 10.2 Å². The van der Waals surface area contributed by atoms with E-state index in [1.165, 1.54) is 6.42 Å². The average Bonchev–Trinajstić information content (AvgIpc) is 2.54. The van der Waals surface area contributed by atoms with Crippen LogP contribution in [0.15, 0.2) is 29.3 Å². The topological polar surface area (TPSA) is 56.7 Å². The van der Waals surface area contributed by atoms with Gasteiger partial charge in [0.25, 0.3) is 0 Å². The zero-order valence-electron chi connectivity index (χ0n) is 15.1. The van der Waals surface area contributed by atoms with E-state index in [1.807, 2.05) is 18.2 Å². The Morgan fingerprint density at radius 3 is 2.64 bits per heavy atom. The first-order chi connectivity index (χ1) is 11.5. The summed E-state index contributed by atoms with van der Waals surface area (Å²) in [7, 11) is 1.75. The molecular formula is C19H27IN4O. The number of halogens is 1. The standard InChI is InChI=1S/C19H26N4O.HI/c1-5-16-7-6-8-17(10-16)22-18(24)11-21-19(20-4)23-12-14(2)9-15(3)13-23;/h1,6-8,10,14-15H,9,11-13H2,2-4H3,(H,20,21)(H,22,24);1H. The second-order valence-electron chi connectivity index (χ2n) is 6.53. The number of guanidine groups is 1. The molecule has 1 fully saturated rings. The van der Waals surface area contributed by atoms with E-state index in [4.69, 9.17) is 6.42 Å². The molecule has 2 N–H and O–H groups in total. The van der Waals surface area contributed by atoms with Crippen LogP contribution in [0.4, 0.5) is 5.69 Å². The van der Waals surface area contributed by atoms with Crippen LogP contribution < -0.4 is 10.6 Å². The molecule has 1 aromatic rings. The molecule has 1 aromatic carbocycles. The molecule has 25 heavy (non-hydrogen) atoms. The summed E-state index contributed by atoms with van der Waals surface area (Å²) in [5, 5.41) is 6.00. The van der Waals surface area contributed by atoms with E-state index in [-0.39, 0.29) is 36.4 Å². The Kier molecular flexibility index (Phi) is 8.76. The van der Waals surface area contributed by atoms with Gasteiger partial charge in [0.1, 0.15) is 0 Å². The molecule has 0 aromatic heterocycles. The number of likely N-dealkylation sites (tertiary alicyclic amines) is 1. The predicted octanol–water partition coefficient (Wildman–Crippen LogP) is 2.78. The molecule has 1 amide bonds. The van der Waals surface area contributed by atoms with E-state index < -0.39 is 0 Å². The van der Waals surface area contributed by atoms with Gasteiger partial charge in [-0.2, -0.15) is 0 Å². The summed E-state index contributed by atoms with van der Waals surface area (Å²) in [6.45, 7) is 6.61. The van der Waals surface area contributed by atoms with Crippen molar-refractivity contribution < 1.29 is 4.79 Å². The Bertz CT molecular complexity index is 643. The number of anilines is 1.